The highest BCUT2D eigenvalue weighted by Gasteiger charge is 2.49. The lowest BCUT2D eigenvalue weighted by atomic mass is 9.66. The van der Waals surface area contributed by atoms with Crippen LogP contribution in [0.5, 0.6) is 0 Å². The molecule has 0 aliphatic heterocycles. The van der Waals surface area contributed by atoms with E-state index in [4.69, 9.17) is 0 Å². The van der Waals surface area contributed by atoms with E-state index in [9.17, 15) is 0 Å². The van der Waals surface area contributed by atoms with Gasteiger partial charge in [-0.05, 0) is 55.6 Å². The lowest BCUT2D eigenvalue weighted by Crippen LogP contribution is -2.29. The lowest BCUT2D eigenvalue weighted by Gasteiger charge is -2.35. The van der Waals surface area contributed by atoms with Gasteiger partial charge in [0, 0.05) is 0 Å². The minimum Gasteiger partial charge on any atom is -0.0683 e. The Morgan fingerprint density at radius 1 is 0.244 bits per heavy atom. The van der Waals surface area contributed by atoms with E-state index in [1.807, 2.05) is 69.2 Å². The van der Waals surface area contributed by atoms with Crippen molar-refractivity contribution in [3.05, 3.63) is 144 Å². The first-order valence-corrected chi connectivity index (χ1v) is 15.9. The Morgan fingerprint density at radius 3 is 0.659 bits per heavy atom. The van der Waals surface area contributed by atoms with Crippen LogP contribution in [0.25, 0.3) is 33.4 Å². The first-order valence-electron chi connectivity index (χ1n) is 15.9. The van der Waals surface area contributed by atoms with E-state index in [2.05, 4.69) is 121 Å². The molecule has 2 aliphatic rings. The molecule has 2 aliphatic carbocycles. The van der Waals surface area contributed by atoms with Gasteiger partial charge >= 0.3 is 0 Å². The summed E-state index contributed by atoms with van der Waals surface area (Å²) >= 11 is 0. The summed E-state index contributed by atoms with van der Waals surface area (Å²) in [6, 6.07) is 44.8. The maximum absolute atomic E-state index is 2.34. The van der Waals surface area contributed by atoms with Gasteiger partial charge in [0.25, 0.3) is 0 Å². The Labute approximate surface area is 251 Å². The molecule has 0 fully saturated rings. The molecule has 0 N–H and O–H groups in total. The predicted octanol–water partition coefficient (Wildman–Crippen LogP) is 12.8. The molecule has 0 saturated heterocycles. The molecular formula is C41H50. The molecule has 1 spiro atoms. The summed E-state index contributed by atoms with van der Waals surface area (Å²) in [5, 5.41) is 0. The fourth-order valence-electron chi connectivity index (χ4n) is 6.00. The maximum atomic E-state index is 2.34. The Kier molecular flexibility index (Phi) is 13.3. The third-order valence-electron chi connectivity index (χ3n) is 7.12. The zero-order valence-electron chi connectivity index (χ0n) is 27.0. The van der Waals surface area contributed by atoms with Crippen LogP contribution in [0.2, 0.25) is 0 Å². The number of fused-ring (bicyclic) bond motifs is 12. The number of hydrogen-bond acceptors (Lipinski definition) is 0. The third kappa shape index (κ3) is 5.53. The van der Waals surface area contributed by atoms with Crippen LogP contribution < -0.4 is 0 Å². The summed E-state index contributed by atoms with van der Waals surface area (Å²) in [6.45, 7) is 20.0. The van der Waals surface area contributed by atoms with Gasteiger partial charge in [0.2, 0.25) is 0 Å². The zero-order chi connectivity index (χ0) is 30.4. The summed E-state index contributed by atoms with van der Waals surface area (Å²) in [5.41, 5.74) is 13.1. The zero-order valence-corrected chi connectivity index (χ0v) is 27.0. The molecule has 7 rings (SSSR count). The first-order chi connectivity index (χ1) is 20.4. The Balaban J connectivity index is 0.000000536. The van der Waals surface area contributed by atoms with Gasteiger partial charge in [0.15, 0.2) is 0 Å². The van der Waals surface area contributed by atoms with Gasteiger partial charge in [0.1, 0.15) is 0 Å². The van der Waals surface area contributed by atoms with E-state index in [0.29, 0.717) is 0 Å². The van der Waals surface area contributed by atoms with Crippen molar-refractivity contribution in [2.45, 2.75) is 74.7 Å². The van der Waals surface area contributed by atoms with Crippen molar-refractivity contribution in [3.8, 4) is 33.4 Å². The Morgan fingerprint density at radius 2 is 0.415 bits per heavy atom. The second-order valence-electron chi connectivity index (χ2n) is 8.48. The van der Waals surface area contributed by atoms with Crippen LogP contribution in [-0.4, -0.2) is 0 Å². The summed E-state index contributed by atoms with van der Waals surface area (Å²) in [4.78, 5) is 0. The topological polar surface area (TPSA) is 0 Å². The van der Waals surface area contributed by atoms with Crippen molar-refractivity contribution >= 4 is 0 Å². The minimum absolute atomic E-state index is 0.334. The first kappa shape index (κ1) is 33.3. The molecule has 0 saturated carbocycles. The molecular weight excluding hydrogens is 492 g/mol. The summed E-state index contributed by atoms with van der Waals surface area (Å²) < 4.78 is 0. The Hall–Kier alpha value is -3.90. The molecule has 41 heavy (non-hydrogen) atoms. The van der Waals surface area contributed by atoms with E-state index in [1.54, 1.807) is 0 Å². The fourth-order valence-corrected chi connectivity index (χ4v) is 6.00. The second-order valence-corrected chi connectivity index (χ2v) is 8.48. The normalized spacial score (nSPS) is 11.4. The maximum Gasteiger partial charge on any atom is 0.0725 e. The molecule has 0 heterocycles. The highest BCUT2D eigenvalue weighted by molar-refractivity contribution is 5.96. The number of rotatable bonds is 0. The van der Waals surface area contributed by atoms with Crippen molar-refractivity contribution in [2.24, 2.45) is 0 Å². The average Bonchev–Trinajstić information content (AvgIpc) is 3.34. The second kappa shape index (κ2) is 16.4. The highest BCUT2D eigenvalue weighted by atomic mass is 14.5. The lowest BCUT2D eigenvalue weighted by molar-refractivity contribution is 0.775. The van der Waals surface area contributed by atoms with Gasteiger partial charge in [-0.1, -0.05) is 191 Å². The van der Waals surface area contributed by atoms with Crippen molar-refractivity contribution in [3.63, 3.8) is 0 Å². The molecule has 0 heteroatoms. The SMILES string of the molecule is CC.CC.CC.CC.CC.c1ccc2c(c1)-c1ccccc1C1(c3ccccc3-2)c2ccccc2-c2ccccc21. The van der Waals surface area contributed by atoms with Crippen LogP contribution in [0.1, 0.15) is 91.5 Å². The van der Waals surface area contributed by atoms with Gasteiger partial charge in [-0.3, -0.25) is 0 Å². The summed E-state index contributed by atoms with van der Waals surface area (Å²) in [7, 11) is 0. The molecule has 0 nitrogen and oxygen atoms in total. The minimum atomic E-state index is -0.334. The number of benzene rings is 5. The molecule has 0 bridgehead atoms. The molecule has 0 aromatic heterocycles. The van der Waals surface area contributed by atoms with E-state index >= 15 is 0 Å². The summed E-state index contributed by atoms with van der Waals surface area (Å²) in [5.74, 6) is 0. The van der Waals surface area contributed by atoms with E-state index in [1.165, 1.54) is 55.6 Å². The van der Waals surface area contributed by atoms with Crippen LogP contribution >= 0.6 is 0 Å². The van der Waals surface area contributed by atoms with E-state index in [0.717, 1.165) is 0 Å². The smallest absolute Gasteiger partial charge is 0.0683 e. The molecule has 5 aromatic carbocycles. The fraction of sp³-hybridized carbons (Fsp3) is 0.268. The number of hydrogen-bond donors (Lipinski definition) is 0. The molecule has 214 valence electrons. The largest absolute Gasteiger partial charge is 0.0725 e. The summed E-state index contributed by atoms with van der Waals surface area (Å²) in [6.07, 6.45) is 0. The molecule has 0 unspecified atom stereocenters. The molecule has 0 radical (unpaired) electrons. The van der Waals surface area contributed by atoms with Crippen LogP contribution in [0.4, 0.5) is 0 Å². The van der Waals surface area contributed by atoms with Gasteiger partial charge < -0.3 is 0 Å². The van der Waals surface area contributed by atoms with Crippen LogP contribution in [0.15, 0.2) is 121 Å². The van der Waals surface area contributed by atoms with Gasteiger partial charge in [-0.2, -0.15) is 0 Å². The van der Waals surface area contributed by atoms with Crippen LogP contribution in [-0.2, 0) is 5.41 Å². The Bertz CT molecular complexity index is 1370. The van der Waals surface area contributed by atoms with E-state index < -0.39 is 0 Å². The van der Waals surface area contributed by atoms with Crippen molar-refractivity contribution in [2.75, 3.05) is 0 Å². The van der Waals surface area contributed by atoms with Gasteiger partial charge in [-0.25, -0.2) is 0 Å². The van der Waals surface area contributed by atoms with Crippen molar-refractivity contribution in [1.82, 2.24) is 0 Å². The van der Waals surface area contributed by atoms with Gasteiger partial charge in [-0.15, -0.1) is 0 Å². The van der Waals surface area contributed by atoms with Crippen molar-refractivity contribution in [1.29, 1.82) is 0 Å². The molecule has 0 amide bonds. The third-order valence-corrected chi connectivity index (χ3v) is 7.12. The van der Waals surface area contributed by atoms with Crippen molar-refractivity contribution < 1.29 is 0 Å². The quantitative estimate of drug-likeness (QED) is 0.179. The molecule has 5 aromatic rings. The van der Waals surface area contributed by atoms with E-state index in [-0.39, 0.29) is 5.41 Å². The standard InChI is InChI=1S/C31H20.5C2H6/c1-2-12-22-21(11-1)23-13-3-7-17-27(23)31(28-18-8-4-14-24(22)28)29-19-9-5-15-25(29)26-16-6-10-20-30(26)31;5*1-2/h1-20H;5*1-2H3. The average molecular weight is 543 g/mol. The van der Waals surface area contributed by atoms with Gasteiger partial charge in [0.05, 0.1) is 5.41 Å². The predicted molar refractivity (Wildman–Crippen MR) is 185 cm³/mol. The monoisotopic (exact) mass is 542 g/mol. The van der Waals surface area contributed by atoms with Crippen LogP contribution in [0.3, 0.4) is 0 Å². The van der Waals surface area contributed by atoms with Crippen LogP contribution in [0, 0.1) is 0 Å². The molecule has 0 atom stereocenters. The highest BCUT2D eigenvalue weighted by Crippen LogP contribution is 2.61.